The van der Waals surface area contributed by atoms with Crippen molar-refractivity contribution in [3.05, 3.63) is 77.1 Å². The molecular formula is C22H21F2N5O. The second-order valence-electron chi connectivity index (χ2n) is 7.35. The number of halogens is 2. The largest absolute Gasteiger partial charge is 0.368 e. The lowest BCUT2D eigenvalue weighted by Gasteiger charge is -2.30. The maximum Gasteiger partial charge on any atom is 0.270 e. The lowest BCUT2D eigenvalue weighted by molar-refractivity contribution is 0.0174. The minimum Gasteiger partial charge on any atom is -0.368 e. The Balaban J connectivity index is 1.50. The molecule has 1 aromatic heterocycles. The van der Waals surface area contributed by atoms with E-state index in [1.165, 1.54) is 24.3 Å². The molecule has 0 spiro atoms. The third-order valence-electron chi connectivity index (χ3n) is 5.05. The topological polar surface area (TPSA) is 84.1 Å². The third-order valence-corrected chi connectivity index (χ3v) is 5.05. The summed E-state index contributed by atoms with van der Waals surface area (Å²) < 4.78 is 27.1. The molecule has 8 heteroatoms. The van der Waals surface area contributed by atoms with Gasteiger partial charge in [-0.2, -0.15) is 0 Å². The molecule has 30 heavy (non-hydrogen) atoms. The molecule has 0 radical (unpaired) electrons. The number of hydrogen-bond acceptors (Lipinski definition) is 5. The van der Waals surface area contributed by atoms with Crippen LogP contribution in [0.4, 0.5) is 26.1 Å². The van der Waals surface area contributed by atoms with E-state index in [-0.39, 0.29) is 17.1 Å². The zero-order valence-corrected chi connectivity index (χ0v) is 16.4. The minimum absolute atomic E-state index is 0.182. The van der Waals surface area contributed by atoms with Crippen molar-refractivity contribution >= 4 is 23.2 Å². The van der Waals surface area contributed by atoms with E-state index < -0.39 is 11.8 Å². The highest BCUT2D eigenvalue weighted by Gasteiger charge is 2.25. The maximum atomic E-state index is 13.6. The van der Waals surface area contributed by atoms with Gasteiger partial charge in [0.2, 0.25) is 5.95 Å². The molecule has 6 nitrogen and oxygen atoms in total. The van der Waals surface area contributed by atoms with Crippen molar-refractivity contribution in [2.24, 2.45) is 0 Å². The molecular weight excluding hydrogens is 388 g/mol. The first-order chi connectivity index (χ1) is 14.3. The van der Waals surface area contributed by atoms with Crippen LogP contribution in [-0.4, -0.2) is 22.4 Å². The number of hydrogen-bond donors (Lipinski definition) is 2. The van der Waals surface area contributed by atoms with Gasteiger partial charge in [-0.1, -0.05) is 18.2 Å². The van der Waals surface area contributed by atoms with Crippen LogP contribution in [-0.2, 0) is 18.9 Å². The lowest BCUT2D eigenvalue weighted by atomic mass is 10.1. The van der Waals surface area contributed by atoms with Crippen molar-refractivity contribution in [1.29, 1.82) is 0 Å². The standard InChI is InChI=1S/C22H21F2N5O/c1-22(23,24)16-5-2-4-14(10-16)20(30)27-17-6-3-7-18(11-17)29-9-8-19-15(13-29)12-26-21(25)28-19/h2-7,10-12H,8-9,13H2,1H3,(H,27,30)(H2,25,26,28). The molecule has 1 aliphatic rings. The molecule has 1 aliphatic heterocycles. The van der Waals surface area contributed by atoms with Gasteiger partial charge in [-0.05, 0) is 30.3 Å². The summed E-state index contributed by atoms with van der Waals surface area (Å²) in [6.45, 7) is 2.21. The van der Waals surface area contributed by atoms with E-state index >= 15 is 0 Å². The number of nitrogens with one attached hydrogen (secondary N) is 1. The van der Waals surface area contributed by atoms with Gasteiger partial charge >= 0.3 is 0 Å². The van der Waals surface area contributed by atoms with Gasteiger partial charge in [0.1, 0.15) is 0 Å². The first kappa shape index (κ1) is 19.8. The maximum absolute atomic E-state index is 13.6. The van der Waals surface area contributed by atoms with Crippen LogP contribution in [0.1, 0.15) is 34.1 Å². The summed E-state index contributed by atoms with van der Waals surface area (Å²) in [4.78, 5) is 23.1. The SMILES string of the molecule is CC(F)(F)c1cccc(C(=O)Nc2cccc(N3CCc4nc(N)ncc4C3)c2)c1. The Morgan fingerprint density at radius 1 is 1.20 bits per heavy atom. The summed E-state index contributed by atoms with van der Waals surface area (Å²) in [7, 11) is 0. The molecule has 3 N–H and O–H groups in total. The van der Waals surface area contributed by atoms with Crippen molar-refractivity contribution in [1.82, 2.24) is 9.97 Å². The van der Waals surface area contributed by atoms with Crippen LogP contribution in [0.2, 0.25) is 0 Å². The number of carbonyl (C=O) groups is 1. The number of rotatable bonds is 4. The predicted molar refractivity (Wildman–Crippen MR) is 112 cm³/mol. The Morgan fingerprint density at radius 2 is 2.00 bits per heavy atom. The number of nitrogens with two attached hydrogens (primary N) is 1. The number of nitrogens with zero attached hydrogens (tertiary/aromatic N) is 3. The monoisotopic (exact) mass is 409 g/mol. The van der Waals surface area contributed by atoms with Crippen LogP contribution < -0.4 is 16.0 Å². The van der Waals surface area contributed by atoms with Gasteiger partial charge in [0.05, 0.1) is 5.69 Å². The molecule has 0 atom stereocenters. The first-order valence-corrected chi connectivity index (χ1v) is 9.54. The summed E-state index contributed by atoms with van der Waals surface area (Å²) in [5.74, 6) is -3.17. The van der Waals surface area contributed by atoms with Crippen LogP contribution in [0.25, 0.3) is 0 Å². The van der Waals surface area contributed by atoms with Gasteiger partial charge < -0.3 is 16.0 Å². The average Bonchev–Trinajstić information content (AvgIpc) is 2.73. The number of nitrogen functional groups attached to an aromatic ring is 1. The number of fused-ring (bicyclic) bond motifs is 1. The summed E-state index contributed by atoms with van der Waals surface area (Å²) in [6, 6.07) is 12.9. The van der Waals surface area contributed by atoms with Gasteiger partial charge in [-0.25, -0.2) is 18.7 Å². The van der Waals surface area contributed by atoms with E-state index in [1.807, 2.05) is 18.2 Å². The zero-order valence-electron chi connectivity index (χ0n) is 16.4. The Morgan fingerprint density at radius 3 is 2.80 bits per heavy atom. The van der Waals surface area contributed by atoms with Crippen molar-refractivity contribution in [3.8, 4) is 0 Å². The molecule has 2 heterocycles. The number of aromatic nitrogens is 2. The van der Waals surface area contributed by atoms with E-state index in [2.05, 4.69) is 20.2 Å². The fourth-order valence-corrected chi connectivity index (χ4v) is 3.47. The number of benzene rings is 2. The predicted octanol–water partition coefficient (Wildman–Crippen LogP) is 3.99. The van der Waals surface area contributed by atoms with Gasteiger partial charge in [0.25, 0.3) is 11.8 Å². The zero-order chi connectivity index (χ0) is 21.3. The van der Waals surface area contributed by atoms with Crippen LogP contribution in [0.15, 0.2) is 54.7 Å². The summed E-state index contributed by atoms with van der Waals surface area (Å²) >= 11 is 0. The molecule has 3 aromatic rings. The van der Waals surface area contributed by atoms with Crippen molar-refractivity contribution < 1.29 is 13.6 Å². The number of alkyl halides is 2. The van der Waals surface area contributed by atoms with Gasteiger partial charge in [0, 0.05) is 60.7 Å². The second-order valence-corrected chi connectivity index (χ2v) is 7.35. The molecule has 154 valence electrons. The molecule has 2 aromatic carbocycles. The Labute approximate surface area is 172 Å². The Kier molecular flexibility index (Phi) is 5.07. The fourth-order valence-electron chi connectivity index (χ4n) is 3.47. The fraction of sp³-hybridized carbons (Fsp3) is 0.227. The molecule has 1 amide bonds. The van der Waals surface area contributed by atoms with Crippen LogP contribution in [0.3, 0.4) is 0 Å². The third kappa shape index (κ3) is 4.22. The number of amides is 1. The number of anilines is 3. The average molecular weight is 409 g/mol. The highest BCUT2D eigenvalue weighted by Crippen LogP contribution is 2.28. The lowest BCUT2D eigenvalue weighted by Crippen LogP contribution is -2.31. The Bertz CT molecular complexity index is 1100. The Hall–Kier alpha value is -3.55. The van der Waals surface area contributed by atoms with E-state index in [9.17, 15) is 13.6 Å². The molecule has 4 rings (SSSR count). The normalized spacial score (nSPS) is 13.6. The van der Waals surface area contributed by atoms with Crippen molar-refractivity contribution in [2.75, 3.05) is 22.5 Å². The van der Waals surface area contributed by atoms with Gasteiger partial charge in [0.15, 0.2) is 0 Å². The second kappa shape index (κ2) is 7.70. The highest BCUT2D eigenvalue weighted by molar-refractivity contribution is 6.04. The van der Waals surface area contributed by atoms with Gasteiger partial charge in [-0.3, -0.25) is 4.79 Å². The quantitative estimate of drug-likeness (QED) is 0.681. The molecule has 0 aliphatic carbocycles. The molecule has 0 bridgehead atoms. The van der Waals surface area contributed by atoms with Crippen LogP contribution >= 0.6 is 0 Å². The molecule has 0 unspecified atom stereocenters. The van der Waals surface area contributed by atoms with E-state index in [1.54, 1.807) is 12.3 Å². The summed E-state index contributed by atoms with van der Waals surface area (Å²) in [5, 5.41) is 2.79. The highest BCUT2D eigenvalue weighted by atomic mass is 19.3. The van der Waals surface area contributed by atoms with E-state index in [0.717, 1.165) is 36.8 Å². The first-order valence-electron chi connectivity index (χ1n) is 9.54. The minimum atomic E-state index is -3.00. The van der Waals surface area contributed by atoms with Crippen LogP contribution in [0, 0.1) is 0 Å². The number of carbonyl (C=O) groups excluding carboxylic acids is 1. The van der Waals surface area contributed by atoms with E-state index in [4.69, 9.17) is 5.73 Å². The smallest absolute Gasteiger partial charge is 0.270 e. The summed E-state index contributed by atoms with van der Waals surface area (Å²) in [6.07, 6.45) is 2.49. The summed E-state index contributed by atoms with van der Waals surface area (Å²) in [5.41, 5.74) is 9.14. The molecule has 0 saturated heterocycles. The molecule has 0 fully saturated rings. The van der Waals surface area contributed by atoms with Crippen LogP contribution in [0.5, 0.6) is 0 Å². The van der Waals surface area contributed by atoms with Gasteiger partial charge in [-0.15, -0.1) is 0 Å². The van der Waals surface area contributed by atoms with E-state index in [0.29, 0.717) is 12.2 Å². The van der Waals surface area contributed by atoms with Crippen molar-refractivity contribution in [2.45, 2.75) is 25.8 Å². The van der Waals surface area contributed by atoms with Crippen molar-refractivity contribution in [3.63, 3.8) is 0 Å². The molecule has 0 saturated carbocycles.